The van der Waals surface area contributed by atoms with Crippen molar-refractivity contribution in [2.75, 3.05) is 13.1 Å². The molecule has 0 saturated carbocycles. The fourth-order valence-electron chi connectivity index (χ4n) is 1.85. The van der Waals surface area contributed by atoms with Crippen molar-refractivity contribution in [2.24, 2.45) is 7.05 Å². The van der Waals surface area contributed by atoms with Gasteiger partial charge >= 0.3 is 11.7 Å². The highest BCUT2D eigenvalue weighted by atomic mass is 16.2. The van der Waals surface area contributed by atoms with Crippen molar-refractivity contribution in [3.8, 4) is 11.5 Å². The highest BCUT2D eigenvalue weighted by Crippen LogP contribution is 2.09. The van der Waals surface area contributed by atoms with E-state index in [4.69, 9.17) is 0 Å². The van der Waals surface area contributed by atoms with Gasteiger partial charge in [-0.05, 0) is 19.1 Å². The minimum Gasteiger partial charge on any atom is -0.338 e. The Balaban J connectivity index is 2.09. The average molecular weight is 290 g/mol. The van der Waals surface area contributed by atoms with Crippen molar-refractivity contribution >= 4 is 6.03 Å². The molecule has 0 fully saturated rings. The van der Waals surface area contributed by atoms with Crippen LogP contribution in [-0.2, 0) is 13.6 Å². The molecule has 2 rings (SSSR count). The third kappa shape index (κ3) is 3.47. The Morgan fingerprint density at radius 3 is 2.81 bits per heavy atom. The van der Waals surface area contributed by atoms with Crippen LogP contribution in [0.4, 0.5) is 4.79 Å². The monoisotopic (exact) mass is 290 g/mol. The lowest BCUT2D eigenvalue weighted by molar-refractivity contribution is 0.241. The lowest BCUT2D eigenvalue weighted by Gasteiger charge is -2.04. The van der Waals surface area contributed by atoms with Crippen LogP contribution < -0.4 is 16.3 Å². The number of rotatable bonds is 5. The Morgan fingerprint density at radius 2 is 2.14 bits per heavy atom. The fourth-order valence-corrected chi connectivity index (χ4v) is 1.85. The molecule has 0 bridgehead atoms. The highest BCUT2D eigenvalue weighted by molar-refractivity contribution is 5.73. The van der Waals surface area contributed by atoms with Gasteiger partial charge in [-0.15, -0.1) is 5.10 Å². The molecule has 0 aliphatic rings. The maximum absolute atomic E-state index is 12.1. The van der Waals surface area contributed by atoms with E-state index in [0.29, 0.717) is 31.2 Å². The van der Waals surface area contributed by atoms with Gasteiger partial charge in [-0.2, -0.15) is 0 Å². The van der Waals surface area contributed by atoms with Gasteiger partial charge in [0.2, 0.25) is 0 Å². The van der Waals surface area contributed by atoms with Crippen LogP contribution in [0, 0.1) is 0 Å². The number of amides is 2. The molecule has 2 aromatic heterocycles. The smallest absolute Gasteiger partial charge is 0.338 e. The van der Waals surface area contributed by atoms with Crippen LogP contribution in [0.3, 0.4) is 0 Å². The Labute approximate surface area is 121 Å². The van der Waals surface area contributed by atoms with Crippen LogP contribution in [0.1, 0.15) is 6.92 Å². The van der Waals surface area contributed by atoms with Gasteiger partial charge in [0.1, 0.15) is 5.69 Å². The molecule has 0 aliphatic heterocycles. The van der Waals surface area contributed by atoms with Gasteiger partial charge in [0.25, 0.3) is 0 Å². The Kier molecular flexibility index (Phi) is 4.70. The maximum Gasteiger partial charge on any atom is 0.346 e. The number of nitrogens with zero attached hydrogens (tertiary/aromatic N) is 4. The van der Waals surface area contributed by atoms with Crippen LogP contribution >= 0.6 is 0 Å². The molecule has 8 nitrogen and oxygen atoms in total. The van der Waals surface area contributed by atoms with Gasteiger partial charge in [0.05, 0.1) is 6.54 Å². The van der Waals surface area contributed by atoms with Gasteiger partial charge in [-0.3, -0.25) is 9.55 Å². The third-order valence-electron chi connectivity index (χ3n) is 2.88. The van der Waals surface area contributed by atoms with Crippen LogP contribution in [0.25, 0.3) is 11.5 Å². The summed E-state index contributed by atoms with van der Waals surface area (Å²) in [6.07, 6.45) is 1.65. The predicted molar refractivity (Wildman–Crippen MR) is 77.8 cm³/mol. The van der Waals surface area contributed by atoms with Crippen molar-refractivity contribution in [1.82, 2.24) is 30.0 Å². The molecule has 8 heteroatoms. The number of aromatic nitrogens is 4. The summed E-state index contributed by atoms with van der Waals surface area (Å²) in [5, 5.41) is 9.52. The van der Waals surface area contributed by atoms with E-state index < -0.39 is 0 Å². The average Bonchev–Trinajstić information content (AvgIpc) is 2.77. The van der Waals surface area contributed by atoms with Crippen LogP contribution in [0.15, 0.2) is 29.2 Å². The largest absolute Gasteiger partial charge is 0.346 e. The maximum atomic E-state index is 12.1. The Hall–Kier alpha value is -2.64. The standard InChI is InChI=1S/C13H18N6O2/c1-3-14-12(20)16-8-9-19-13(21)18(2)11(17-19)10-6-4-5-7-15-10/h4-7H,3,8-9H2,1-2H3,(H2,14,16,20). The molecule has 0 unspecified atom stereocenters. The summed E-state index contributed by atoms with van der Waals surface area (Å²) in [6, 6.07) is 5.17. The normalized spacial score (nSPS) is 10.4. The number of carbonyl (C=O) groups is 1. The molecule has 0 aromatic carbocycles. The van der Waals surface area contributed by atoms with Crippen molar-refractivity contribution in [2.45, 2.75) is 13.5 Å². The van der Waals surface area contributed by atoms with E-state index >= 15 is 0 Å². The SMILES string of the molecule is CCNC(=O)NCCn1nc(-c2ccccn2)n(C)c1=O. The van der Waals surface area contributed by atoms with Crippen molar-refractivity contribution in [3.05, 3.63) is 34.9 Å². The van der Waals surface area contributed by atoms with Crippen LogP contribution in [0.2, 0.25) is 0 Å². The second-order valence-corrected chi connectivity index (χ2v) is 4.39. The number of pyridine rings is 1. The first kappa shape index (κ1) is 14.8. The zero-order valence-electron chi connectivity index (χ0n) is 12.0. The quantitative estimate of drug-likeness (QED) is 0.808. The first-order chi connectivity index (χ1) is 10.1. The minimum atomic E-state index is -0.258. The van der Waals surface area contributed by atoms with E-state index in [1.54, 1.807) is 25.4 Å². The number of hydrogen-bond donors (Lipinski definition) is 2. The Morgan fingerprint density at radius 1 is 1.33 bits per heavy atom. The molecule has 0 radical (unpaired) electrons. The number of nitrogens with one attached hydrogen (secondary N) is 2. The zero-order valence-corrected chi connectivity index (χ0v) is 12.0. The van der Waals surface area contributed by atoms with Crippen molar-refractivity contribution < 1.29 is 4.79 Å². The van der Waals surface area contributed by atoms with Crippen molar-refractivity contribution in [1.29, 1.82) is 0 Å². The van der Waals surface area contributed by atoms with E-state index in [1.807, 2.05) is 13.0 Å². The molecule has 0 atom stereocenters. The summed E-state index contributed by atoms with van der Waals surface area (Å²) >= 11 is 0. The fraction of sp³-hybridized carbons (Fsp3) is 0.385. The molecule has 0 saturated heterocycles. The van der Waals surface area contributed by atoms with Crippen LogP contribution in [0.5, 0.6) is 0 Å². The van der Waals surface area contributed by atoms with Gasteiger partial charge in [0.15, 0.2) is 5.82 Å². The number of carbonyl (C=O) groups excluding carboxylic acids is 1. The molecule has 0 aliphatic carbocycles. The number of hydrogen-bond acceptors (Lipinski definition) is 4. The predicted octanol–water partition coefficient (Wildman–Crippen LogP) is -0.0371. The van der Waals surface area contributed by atoms with Gasteiger partial charge < -0.3 is 10.6 Å². The molecule has 112 valence electrons. The molecule has 0 spiro atoms. The summed E-state index contributed by atoms with van der Waals surface area (Å²) in [6.45, 7) is 3.02. The molecule has 2 heterocycles. The number of urea groups is 1. The topological polar surface area (TPSA) is 93.8 Å². The second kappa shape index (κ2) is 6.69. The molecule has 2 N–H and O–H groups in total. The lowest BCUT2D eigenvalue weighted by atomic mass is 10.3. The summed E-state index contributed by atoms with van der Waals surface area (Å²) < 4.78 is 2.75. The van der Waals surface area contributed by atoms with E-state index in [2.05, 4.69) is 20.7 Å². The highest BCUT2D eigenvalue weighted by Gasteiger charge is 2.12. The molecule has 2 aromatic rings. The van der Waals surface area contributed by atoms with E-state index in [0.717, 1.165) is 0 Å². The van der Waals surface area contributed by atoms with Gasteiger partial charge in [-0.25, -0.2) is 14.3 Å². The molecule has 21 heavy (non-hydrogen) atoms. The zero-order chi connectivity index (χ0) is 15.2. The van der Waals surface area contributed by atoms with Crippen LogP contribution in [-0.4, -0.2) is 38.5 Å². The lowest BCUT2D eigenvalue weighted by Crippen LogP contribution is -2.38. The molecular weight excluding hydrogens is 272 g/mol. The molecular formula is C13H18N6O2. The summed E-state index contributed by atoms with van der Waals surface area (Å²) in [5.41, 5.74) is 0.390. The van der Waals surface area contributed by atoms with Gasteiger partial charge in [-0.1, -0.05) is 6.07 Å². The first-order valence-electron chi connectivity index (χ1n) is 6.70. The minimum absolute atomic E-state index is 0.242. The van der Waals surface area contributed by atoms with Gasteiger partial charge in [0, 0.05) is 26.3 Å². The van der Waals surface area contributed by atoms with E-state index in [-0.39, 0.29) is 11.7 Å². The van der Waals surface area contributed by atoms with Crippen molar-refractivity contribution in [3.63, 3.8) is 0 Å². The van der Waals surface area contributed by atoms with E-state index in [1.165, 1.54) is 9.25 Å². The summed E-state index contributed by atoms with van der Waals surface area (Å²) in [7, 11) is 1.65. The third-order valence-corrected chi connectivity index (χ3v) is 2.88. The molecule has 2 amide bonds. The second-order valence-electron chi connectivity index (χ2n) is 4.39. The first-order valence-corrected chi connectivity index (χ1v) is 6.70. The van der Waals surface area contributed by atoms with E-state index in [9.17, 15) is 9.59 Å². The summed E-state index contributed by atoms with van der Waals surface area (Å²) in [5.74, 6) is 0.499. The Bertz CT molecular complexity index is 661. The summed E-state index contributed by atoms with van der Waals surface area (Å²) in [4.78, 5) is 27.5.